The zero-order valence-corrected chi connectivity index (χ0v) is 26.6. The average Bonchev–Trinajstić information content (AvgIpc) is 3.91. The van der Waals surface area contributed by atoms with E-state index in [2.05, 4.69) is 46.9 Å². The lowest BCUT2D eigenvalue weighted by molar-refractivity contribution is -0.114. The van der Waals surface area contributed by atoms with Gasteiger partial charge in [-0.2, -0.15) is 0 Å². The number of pyridine rings is 1. The van der Waals surface area contributed by atoms with Gasteiger partial charge >= 0.3 is 0 Å². The number of ether oxygens (including phenoxy) is 2. The first kappa shape index (κ1) is 33.1. The highest BCUT2D eigenvalue weighted by Gasteiger charge is 2.40. The maximum absolute atomic E-state index is 12.1. The molecule has 2 N–H and O–H groups in total. The maximum atomic E-state index is 12.1. The van der Waals surface area contributed by atoms with Crippen molar-refractivity contribution in [3.05, 3.63) is 48.7 Å². The Morgan fingerprint density at radius 2 is 1.84 bits per heavy atom. The minimum atomic E-state index is -3.42. The van der Waals surface area contributed by atoms with E-state index in [1.165, 1.54) is 6.20 Å². The molecule has 2 aliphatic carbocycles. The summed E-state index contributed by atoms with van der Waals surface area (Å²) in [4.78, 5) is 35.4. The number of aldehydes is 1. The van der Waals surface area contributed by atoms with E-state index >= 15 is 0 Å². The first-order valence-corrected chi connectivity index (χ1v) is 16.4. The summed E-state index contributed by atoms with van der Waals surface area (Å²) in [5.74, 6) is 1.41. The molecule has 2 fully saturated rings. The zero-order valence-electron chi connectivity index (χ0n) is 25.8. The topological polar surface area (TPSA) is 161 Å². The predicted octanol–water partition coefficient (Wildman–Crippen LogP) is 3.32. The van der Waals surface area contributed by atoms with Crippen LogP contribution in [-0.2, 0) is 25.0 Å². The molecule has 0 aromatic carbocycles. The molecule has 44 heavy (non-hydrogen) atoms. The Hall–Kier alpha value is -3.75. The fourth-order valence-electron chi connectivity index (χ4n) is 5.08. The smallest absolute Gasteiger partial charge is 0.237 e. The zero-order chi connectivity index (χ0) is 31.6. The third-order valence-electron chi connectivity index (χ3n) is 7.93. The normalized spacial score (nSPS) is 19.9. The first-order chi connectivity index (χ1) is 21.2. The van der Waals surface area contributed by atoms with Gasteiger partial charge in [0.2, 0.25) is 21.9 Å². The van der Waals surface area contributed by atoms with E-state index in [4.69, 9.17) is 9.47 Å². The van der Waals surface area contributed by atoms with Gasteiger partial charge in [0.05, 0.1) is 47.7 Å². The van der Waals surface area contributed by atoms with Crippen molar-refractivity contribution in [3.63, 3.8) is 0 Å². The van der Waals surface area contributed by atoms with Crippen molar-refractivity contribution in [2.24, 2.45) is 0 Å². The Morgan fingerprint density at radius 3 is 2.45 bits per heavy atom. The Kier molecular flexibility index (Phi) is 11.5. The SMILES string of the molecule is CCOc1cncc(-c2ccc(NC)nc2)n1.COCCN(C)C1CCC(C=O)(c2ccnc(NS(=O)(=O)C3CC3)n2)CC1. The number of anilines is 2. The monoisotopic (exact) mass is 626 g/mol. The molecule has 3 aromatic heterocycles. The Balaban J connectivity index is 0.000000223. The van der Waals surface area contributed by atoms with E-state index in [9.17, 15) is 13.2 Å². The summed E-state index contributed by atoms with van der Waals surface area (Å²) in [6, 6.07) is 5.96. The molecule has 0 radical (unpaired) electrons. The van der Waals surface area contributed by atoms with Gasteiger partial charge in [0, 0.05) is 44.7 Å². The van der Waals surface area contributed by atoms with Crippen molar-refractivity contribution in [3.8, 4) is 17.1 Å². The van der Waals surface area contributed by atoms with Crippen LogP contribution >= 0.6 is 0 Å². The van der Waals surface area contributed by atoms with Crippen molar-refractivity contribution >= 4 is 28.1 Å². The van der Waals surface area contributed by atoms with Gasteiger partial charge < -0.3 is 24.5 Å². The summed E-state index contributed by atoms with van der Waals surface area (Å²) in [7, 11) is 2.17. The van der Waals surface area contributed by atoms with Crippen LogP contribution in [0.5, 0.6) is 5.88 Å². The number of aromatic nitrogens is 5. The lowest BCUT2D eigenvalue weighted by Gasteiger charge is -2.39. The number of carbonyl (C=O) groups excluding carboxylic acids is 1. The van der Waals surface area contributed by atoms with Gasteiger partial charge in [-0.15, -0.1) is 0 Å². The molecule has 0 bridgehead atoms. The molecule has 5 rings (SSSR count). The fourth-order valence-corrected chi connectivity index (χ4v) is 6.36. The Labute approximate surface area is 259 Å². The number of methoxy groups -OCH3 is 1. The van der Waals surface area contributed by atoms with Crippen LogP contribution in [0.2, 0.25) is 0 Å². The van der Waals surface area contributed by atoms with Crippen LogP contribution in [0.25, 0.3) is 11.3 Å². The highest BCUT2D eigenvalue weighted by atomic mass is 32.2. The molecule has 0 aliphatic heterocycles. The van der Waals surface area contributed by atoms with E-state index in [1.807, 2.05) is 26.1 Å². The minimum Gasteiger partial charge on any atom is -0.477 e. The number of sulfonamides is 1. The highest BCUT2D eigenvalue weighted by Crippen LogP contribution is 2.38. The molecule has 0 spiro atoms. The van der Waals surface area contributed by atoms with Crippen LogP contribution in [0.4, 0.5) is 11.8 Å². The van der Waals surface area contributed by atoms with Gasteiger partial charge in [-0.05, 0) is 70.7 Å². The molecule has 0 saturated heterocycles. The minimum absolute atomic E-state index is 0.0555. The number of rotatable bonds is 13. The first-order valence-electron chi connectivity index (χ1n) is 14.8. The summed E-state index contributed by atoms with van der Waals surface area (Å²) in [6.07, 6.45) is 12.0. The number of likely N-dealkylation sites (N-methyl/N-ethyl adjacent to an activating group) is 1. The maximum Gasteiger partial charge on any atom is 0.237 e. The molecule has 238 valence electrons. The molecule has 0 atom stereocenters. The summed E-state index contributed by atoms with van der Waals surface area (Å²) < 4.78 is 37.2. The summed E-state index contributed by atoms with van der Waals surface area (Å²) in [5, 5.41) is 2.62. The number of hydrogen-bond donors (Lipinski definition) is 2. The third-order valence-corrected chi connectivity index (χ3v) is 9.74. The fraction of sp³-hybridized carbons (Fsp3) is 0.533. The highest BCUT2D eigenvalue weighted by molar-refractivity contribution is 7.93. The summed E-state index contributed by atoms with van der Waals surface area (Å²) >= 11 is 0. The lowest BCUT2D eigenvalue weighted by Crippen LogP contribution is -2.43. The van der Waals surface area contributed by atoms with Crippen molar-refractivity contribution in [1.82, 2.24) is 29.8 Å². The quantitative estimate of drug-likeness (QED) is 0.267. The number of hydrogen-bond acceptors (Lipinski definition) is 12. The molecule has 3 heterocycles. The number of nitrogens with zero attached hydrogens (tertiary/aromatic N) is 6. The van der Waals surface area contributed by atoms with Crippen LogP contribution in [-0.4, -0.2) is 96.8 Å². The molecule has 13 nitrogen and oxygen atoms in total. The second-order valence-electron chi connectivity index (χ2n) is 10.9. The second kappa shape index (κ2) is 15.3. The molecule has 0 unspecified atom stereocenters. The Bertz CT molecular complexity index is 1460. The van der Waals surface area contributed by atoms with Gasteiger partial charge in [0.1, 0.15) is 12.1 Å². The van der Waals surface area contributed by atoms with Gasteiger partial charge in [-0.3, -0.25) is 9.71 Å². The van der Waals surface area contributed by atoms with Crippen LogP contribution in [0.15, 0.2) is 43.0 Å². The van der Waals surface area contributed by atoms with Crippen LogP contribution < -0.4 is 14.8 Å². The second-order valence-corrected chi connectivity index (χ2v) is 12.9. The molecule has 2 aliphatic rings. The van der Waals surface area contributed by atoms with E-state index < -0.39 is 15.4 Å². The van der Waals surface area contributed by atoms with Gasteiger partial charge in [-0.25, -0.2) is 28.4 Å². The third kappa shape index (κ3) is 8.67. The van der Waals surface area contributed by atoms with E-state index in [1.54, 1.807) is 31.8 Å². The summed E-state index contributed by atoms with van der Waals surface area (Å²) in [6.45, 7) is 4.03. The predicted molar refractivity (Wildman–Crippen MR) is 168 cm³/mol. The van der Waals surface area contributed by atoms with E-state index in [-0.39, 0.29) is 11.2 Å². The van der Waals surface area contributed by atoms with E-state index in [0.717, 1.165) is 42.7 Å². The standard InChI is InChI=1S/C18H28N4O4S.C12H14N4O/c1-22(11-12-26-2)14-5-8-18(13-23,9-6-14)16-7-10-19-17(20-16)21-27(24,25)15-3-4-15;1-3-17-12-8-14-7-10(16-12)9-4-5-11(13-2)15-6-9/h7,10,13-15H,3-6,8-9,11-12H2,1-2H3,(H,19,20,21);4-8H,3H2,1-2H3,(H,13,15). The van der Waals surface area contributed by atoms with Gasteiger partial charge in [-0.1, -0.05) is 0 Å². The van der Waals surface area contributed by atoms with Crippen LogP contribution in [0, 0.1) is 0 Å². The summed E-state index contributed by atoms with van der Waals surface area (Å²) in [5.41, 5.74) is 1.59. The van der Waals surface area contributed by atoms with Crippen molar-refractivity contribution in [1.29, 1.82) is 0 Å². The van der Waals surface area contributed by atoms with Gasteiger partial charge in [0.25, 0.3) is 0 Å². The Morgan fingerprint density at radius 1 is 1.07 bits per heavy atom. The van der Waals surface area contributed by atoms with E-state index in [0.29, 0.717) is 56.5 Å². The number of nitrogens with one attached hydrogen (secondary N) is 2. The van der Waals surface area contributed by atoms with Crippen molar-refractivity contribution in [2.45, 2.75) is 62.2 Å². The molecule has 3 aromatic rings. The lowest BCUT2D eigenvalue weighted by atomic mass is 9.71. The van der Waals surface area contributed by atoms with Crippen LogP contribution in [0.3, 0.4) is 0 Å². The molecular weight excluding hydrogens is 584 g/mol. The molecule has 0 amide bonds. The number of carbonyl (C=O) groups is 1. The van der Waals surface area contributed by atoms with Crippen molar-refractivity contribution < 1.29 is 22.7 Å². The largest absolute Gasteiger partial charge is 0.477 e. The van der Waals surface area contributed by atoms with Crippen LogP contribution in [0.1, 0.15) is 51.1 Å². The molecule has 2 saturated carbocycles. The van der Waals surface area contributed by atoms with Crippen molar-refractivity contribution in [2.75, 3.05) is 51.0 Å². The molecule has 14 heteroatoms. The van der Waals surface area contributed by atoms with Gasteiger partial charge in [0.15, 0.2) is 0 Å². The molecular formula is C30H42N8O5S. The average molecular weight is 627 g/mol.